The Morgan fingerprint density at radius 1 is 1.53 bits per heavy atom. The molecule has 1 unspecified atom stereocenters. The van der Waals surface area contributed by atoms with Gasteiger partial charge in [0.25, 0.3) is 0 Å². The lowest BCUT2D eigenvalue weighted by atomic mass is 10.1. The second kappa shape index (κ2) is 4.58. The zero-order valence-electron chi connectivity index (χ0n) is 10.1. The van der Waals surface area contributed by atoms with E-state index in [4.69, 9.17) is 15.1 Å². The SMILES string of the molecule is CCOC(=O)/C(C#N)=C/C1[C@@H](C(=O)O)C1(C)C. The number of carboxylic acid groups (broad SMARTS) is 1. The standard InChI is InChI=1S/C12H15NO4/c1-4-17-11(16)7(6-13)5-8-9(10(14)15)12(8,2)3/h5,8-9H,4H2,1-3H3,(H,14,15)/b7-5+/t8?,9-/m0/s1. The van der Waals surface area contributed by atoms with Crippen LogP contribution in [0.3, 0.4) is 0 Å². The van der Waals surface area contributed by atoms with Crippen LogP contribution in [0, 0.1) is 28.6 Å². The minimum absolute atomic E-state index is 0.117. The largest absolute Gasteiger partial charge is 0.481 e. The van der Waals surface area contributed by atoms with Gasteiger partial charge in [-0.25, -0.2) is 4.79 Å². The van der Waals surface area contributed by atoms with E-state index < -0.39 is 23.3 Å². The van der Waals surface area contributed by atoms with Crippen molar-refractivity contribution in [3.8, 4) is 6.07 Å². The number of hydrogen-bond donors (Lipinski definition) is 1. The van der Waals surface area contributed by atoms with E-state index in [2.05, 4.69) is 0 Å². The maximum absolute atomic E-state index is 11.4. The van der Waals surface area contributed by atoms with Crippen LogP contribution in [0.2, 0.25) is 0 Å². The number of allylic oxidation sites excluding steroid dienone is 1. The quantitative estimate of drug-likeness (QED) is 0.453. The highest BCUT2D eigenvalue weighted by molar-refractivity contribution is 5.93. The fourth-order valence-electron chi connectivity index (χ4n) is 2.00. The first-order valence-electron chi connectivity index (χ1n) is 5.38. The lowest BCUT2D eigenvalue weighted by molar-refractivity contribution is -0.140. The Morgan fingerprint density at radius 3 is 2.47 bits per heavy atom. The van der Waals surface area contributed by atoms with Gasteiger partial charge in [0.1, 0.15) is 11.6 Å². The first kappa shape index (κ1) is 13.2. The molecule has 92 valence electrons. The Labute approximate surface area is 99.7 Å². The van der Waals surface area contributed by atoms with E-state index in [0.717, 1.165) is 0 Å². The van der Waals surface area contributed by atoms with Crippen molar-refractivity contribution in [2.45, 2.75) is 20.8 Å². The van der Waals surface area contributed by atoms with E-state index in [0.29, 0.717) is 0 Å². The average Bonchev–Trinajstić information content (AvgIpc) is 2.77. The van der Waals surface area contributed by atoms with Crippen molar-refractivity contribution in [3.05, 3.63) is 11.6 Å². The molecule has 0 aromatic carbocycles. The van der Waals surface area contributed by atoms with Gasteiger partial charge in [-0.1, -0.05) is 19.9 Å². The monoisotopic (exact) mass is 237 g/mol. The van der Waals surface area contributed by atoms with Crippen molar-refractivity contribution in [3.63, 3.8) is 0 Å². The van der Waals surface area contributed by atoms with Gasteiger partial charge in [-0.15, -0.1) is 0 Å². The number of aliphatic carboxylic acids is 1. The molecule has 1 aliphatic rings. The van der Waals surface area contributed by atoms with Gasteiger partial charge in [-0.3, -0.25) is 4.79 Å². The first-order valence-corrected chi connectivity index (χ1v) is 5.38. The number of esters is 1. The molecule has 0 spiro atoms. The van der Waals surface area contributed by atoms with Crippen LogP contribution in [-0.2, 0) is 14.3 Å². The van der Waals surface area contributed by atoms with Crippen molar-refractivity contribution < 1.29 is 19.4 Å². The number of nitrogens with zero attached hydrogens (tertiary/aromatic N) is 1. The van der Waals surface area contributed by atoms with Crippen molar-refractivity contribution in [2.75, 3.05) is 6.61 Å². The highest BCUT2D eigenvalue weighted by Gasteiger charge is 2.61. The summed E-state index contributed by atoms with van der Waals surface area (Å²) < 4.78 is 4.71. The van der Waals surface area contributed by atoms with Crippen LogP contribution >= 0.6 is 0 Å². The molecule has 0 aliphatic heterocycles. The molecule has 2 atom stereocenters. The molecule has 0 heterocycles. The number of nitriles is 1. The molecule has 1 fully saturated rings. The lowest BCUT2D eigenvalue weighted by Crippen LogP contribution is -2.07. The van der Waals surface area contributed by atoms with Crippen molar-refractivity contribution in [1.29, 1.82) is 5.26 Å². The second-order valence-electron chi connectivity index (χ2n) is 4.58. The minimum atomic E-state index is -0.905. The predicted octanol–water partition coefficient (Wildman–Crippen LogP) is 1.36. The molecule has 0 amide bonds. The highest BCUT2D eigenvalue weighted by atomic mass is 16.5. The zero-order chi connectivity index (χ0) is 13.2. The number of carboxylic acids is 1. The molecule has 1 saturated carbocycles. The van der Waals surface area contributed by atoms with E-state index in [1.54, 1.807) is 26.8 Å². The third-order valence-electron chi connectivity index (χ3n) is 3.14. The predicted molar refractivity (Wildman–Crippen MR) is 58.7 cm³/mol. The molecule has 1 rings (SSSR count). The Morgan fingerprint density at radius 2 is 2.12 bits per heavy atom. The number of hydrogen-bond acceptors (Lipinski definition) is 4. The van der Waals surface area contributed by atoms with Gasteiger partial charge >= 0.3 is 11.9 Å². The molecular formula is C12H15NO4. The van der Waals surface area contributed by atoms with Crippen LogP contribution < -0.4 is 0 Å². The van der Waals surface area contributed by atoms with Gasteiger partial charge in [0, 0.05) is 0 Å². The molecule has 0 aromatic heterocycles. The van der Waals surface area contributed by atoms with Crippen LogP contribution in [0.5, 0.6) is 0 Å². The summed E-state index contributed by atoms with van der Waals surface area (Å²) in [5.74, 6) is -2.43. The van der Waals surface area contributed by atoms with Crippen LogP contribution in [-0.4, -0.2) is 23.7 Å². The maximum atomic E-state index is 11.4. The van der Waals surface area contributed by atoms with E-state index >= 15 is 0 Å². The van der Waals surface area contributed by atoms with Gasteiger partial charge < -0.3 is 9.84 Å². The first-order chi connectivity index (χ1) is 7.86. The molecule has 1 aliphatic carbocycles. The molecule has 0 radical (unpaired) electrons. The summed E-state index contributed by atoms with van der Waals surface area (Å²) in [5.41, 5.74) is -0.533. The molecule has 0 saturated heterocycles. The van der Waals surface area contributed by atoms with Gasteiger partial charge in [-0.2, -0.15) is 5.26 Å². The second-order valence-corrected chi connectivity index (χ2v) is 4.58. The Balaban J connectivity index is 2.86. The lowest BCUT2D eigenvalue weighted by Gasteiger charge is -2.00. The fraction of sp³-hybridized carbons (Fsp3) is 0.583. The normalized spacial score (nSPS) is 25.9. The smallest absolute Gasteiger partial charge is 0.348 e. The van der Waals surface area contributed by atoms with Crippen LogP contribution in [0.4, 0.5) is 0 Å². The van der Waals surface area contributed by atoms with Crippen molar-refractivity contribution >= 4 is 11.9 Å². The van der Waals surface area contributed by atoms with Crippen molar-refractivity contribution in [1.82, 2.24) is 0 Å². The van der Waals surface area contributed by atoms with E-state index in [-0.39, 0.29) is 18.1 Å². The van der Waals surface area contributed by atoms with Gasteiger partial charge in [-0.05, 0) is 18.3 Å². The van der Waals surface area contributed by atoms with Crippen LogP contribution in [0.1, 0.15) is 20.8 Å². The zero-order valence-corrected chi connectivity index (χ0v) is 10.1. The summed E-state index contributed by atoms with van der Waals surface area (Å²) in [4.78, 5) is 22.3. The Hall–Kier alpha value is -1.83. The summed E-state index contributed by atoms with van der Waals surface area (Å²) in [7, 11) is 0. The molecule has 0 bridgehead atoms. The molecule has 1 N–H and O–H groups in total. The van der Waals surface area contributed by atoms with E-state index in [1.807, 2.05) is 0 Å². The highest BCUT2D eigenvalue weighted by Crippen LogP contribution is 2.59. The van der Waals surface area contributed by atoms with Gasteiger partial charge in [0.05, 0.1) is 12.5 Å². The summed E-state index contributed by atoms with van der Waals surface area (Å²) in [6.07, 6.45) is 1.41. The molecule has 17 heavy (non-hydrogen) atoms. The summed E-state index contributed by atoms with van der Waals surface area (Å²) in [5, 5.41) is 17.8. The Kier molecular flexibility index (Phi) is 3.56. The van der Waals surface area contributed by atoms with E-state index in [9.17, 15) is 9.59 Å². The maximum Gasteiger partial charge on any atom is 0.348 e. The third kappa shape index (κ3) is 2.47. The molecular weight excluding hydrogens is 222 g/mol. The molecule has 0 aromatic rings. The van der Waals surface area contributed by atoms with Crippen LogP contribution in [0.25, 0.3) is 0 Å². The summed E-state index contributed by atoms with van der Waals surface area (Å²) >= 11 is 0. The summed E-state index contributed by atoms with van der Waals surface area (Å²) in [6.45, 7) is 5.43. The topological polar surface area (TPSA) is 87.4 Å². The van der Waals surface area contributed by atoms with Gasteiger partial charge in [0.15, 0.2) is 0 Å². The van der Waals surface area contributed by atoms with E-state index in [1.165, 1.54) is 6.08 Å². The minimum Gasteiger partial charge on any atom is -0.481 e. The molecule has 5 heteroatoms. The third-order valence-corrected chi connectivity index (χ3v) is 3.14. The van der Waals surface area contributed by atoms with Crippen molar-refractivity contribution in [2.24, 2.45) is 17.3 Å². The molecule has 5 nitrogen and oxygen atoms in total. The van der Waals surface area contributed by atoms with Crippen LogP contribution in [0.15, 0.2) is 11.6 Å². The summed E-state index contributed by atoms with van der Waals surface area (Å²) in [6, 6.07) is 1.75. The fourth-order valence-corrected chi connectivity index (χ4v) is 2.00. The number of ether oxygens (including phenoxy) is 1. The number of carbonyl (C=O) groups excluding carboxylic acids is 1. The van der Waals surface area contributed by atoms with Gasteiger partial charge in [0.2, 0.25) is 0 Å². The number of rotatable bonds is 4. The Bertz CT molecular complexity index is 417. The number of carbonyl (C=O) groups is 2. The average molecular weight is 237 g/mol.